The predicted octanol–water partition coefficient (Wildman–Crippen LogP) is -0.637. The molecule has 0 aromatic carbocycles. The molecule has 1 aliphatic rings. The molecule has 7 nitrogen and oxygen atoms in total. The molecule has 1 aromatic rings. The van der Waals surface area contributed by atoms with E-state index >= 15 is 0 Å². The minimum absolute atomic E-state index is 0.0536. The number of rotatable bonds is 2. The average Bonchev–Trinajstić information content (AvgIpc) is 2.65. The molecule has 1 fully saturated rings. The van der Waals surface area contributed by atoms with E-state index in [2.05, 4.69) is 10.4 Å². The molecule has 0 radical (unpaired) electrons. The van der Waals surface area contributed by atoms with Gasteiger partial charge in [-0.25, -0.2) is 4.79 Å². The third kappa shape index (κ3) is 1.50. The normalized spacial score (nSPS) is 15.8. The number of nitrogen functional groups attached to an aromatic ring is 1. The van der Waals surface area contributed by atoms with Crippen LogP contribution >= 0.6 is 0 Å². The van der Waals surface area contributed by atoms with E-state index in [1.807, 2.05) is 0 Å². The highest BCUT2D eigenvalue weighted by molar-refractivity contribution is 6.01. The zero-order valence-corrected chi connectivity index (χ0v) is 9.15. The number of nitrogens with two attached hydrogens (primary N) is 1. The maximum atomic E-state index is 11.4. The summed E-state index contributed by atoms with van der Waals surface area (Å²) in [7, 11) is 1.72. The van der Waals surface area contributed by atoms with Crippen molar-refractivity contribution in [3.05, 3.63) is 11.3 Å². The average molecular weight is 223 g/mol. The monoisotopic (exact) mass is 223 g/mol. The minimum Gasteiger partial charge on any atom is -0.384 e. The Bertz CT molecular complexity index is 449. The molecule has 0 spiro atoms. The van der Waals surface area contributed by atoms with Crippen LogP contribution in [0, 0.1) is 6.92 Å². The van der Waals surface area contributed by atoms with Gasteiger partial charge in [0.05, 0.1) is 18.8 Å². The Labute approximate surface area is 92.2 Å². The van der Waals surface area contributed by atoms with Gasteiger partial charge in [-0.15, -0.1) is 0 Å². The Morgan fingerprint density at radius 2 is 2.19 bits per heavy atom. The maximum absolute atomic E-state index is 11.4. The summed E-state index contributed by atoms with van der Waals surface area (Å²) in [6.45, 7) is 2.03. The van der Waals surface area contributed by atoms with Crippen LogP contribution in [0.25, 0.3) is 0 Å². The Balaban J connectivity index is 2.27. The largest absolute Gasteiger partial charge is 0.384 e. The van der Waals surface area contributed by atoms with Crippen molar-refractivity contribution in [3.63, 3.8) is 0 Å². The van der Waals surface area contributed by atoms with E-state index in [4.69, 9.17) is 5.73 Å². The summed E-state index contributed by atoms with van der Waals surface area (Å²) in [5, 5.41) is 6.58. The van der Waals surface area contributed by atoms with Crippen LogP contribution in [0.4, 0.5) is 10.6 Å². The second-order valence-corrected chi connectivity index (χ2v) is 3.71. The van der Waals surface area contributed by atoms with Gasteiger partial charge >= 0.3 is 6.03 Å². The number of carbonyl (C=O) groups is 2. The van der Waals surface area contributed by atoms with Crippen molar-refractivity contribution < 1.29 is 9.59 Å². The number of hydrogen-bond donors (Lipinski definition) is 2. The molecule has 1 aromatic heterocycles. The van der Waals surface area contributed by atoms with E-state index in [-0.39, 0.29) is 25.0 Å². The Hall–Kier alpha value is -2.05. The second-order valence-electron chi connectivity index (χ2n) is 3.71. The van der Waals surface area contributed by atoms with Crippen LogP contribution < -0.4 is 11.1 Å². The molecule has 2 heterocycles. The SMILES string of the molecule is Cc1nn(C)c(N)c1CN1C(=O)CNC1=O. The number of aryl methyl sites for hydroxylation is 2. The van der Waals surface area contributed by atoms with Crippen molar-refractivity contribution in [2.45, 2.75) is 13.5 Å². The van der Waals surface area contributed by atoms with Gasteiger partial charge in [-0.2, -0.15) is 5.10 Å². The van der Waals surface area contributed by atoms with Crippen molar-refractivity contribution in [1.82, 2.24) is 20.0 Å². The first-order valence-corrected chi connectivity index (χ1v) is 4.87. The number of urea groups is 1. The van der Waals surface area contributed by atoms with Crippen LogP contribution in [-0.2, 0) is 18.4 Å². The standard InChI is InChI=1S/C9H13N5O2/c1-5-6(8(10)13(2)12-5)4-14-7(15)3-11-9(14)16/h3-4,10H2,1-2H3,(H,11,16). The number of nitrogens with zero attached hydrogens (tertiary/aromatic N) is 3. The topological polar surface area (TPSA) is 93.2 Å². The van der Waals surface area contributed by atoms with Crippen molar-refractivity contribution in [2.24, 2.45) is 7.05 Å². The van der Waals surface area contributed by atoms with Gasteiger partial charge in [0.2, 0.25) is 5.91 Å². The number of imide groups is 1. The first-order valence-electron chi connectivity index (χ1n) is 4.87. The number of nitrogens with one attached hydrogen (secondary N) is 1. The van der Waals surface area contributed by atoms with Crippen LogP contribution in [0.1, 0.15) is 11.3 Å². The highest BCUT2D eigenvalue weighted by atomic mass is 16.2. The highest BCUT2D eigenvalue weighted by Crippen LogP contribution is 2.18. The third-order valence-corrected chi connectivity index (χ3v) is 2.65. The third-order valence-electron chi connectivity index (χ3n) is 2.65. The summed E-state index contributed by atoms with van der Waals surface area (Å²) in [6, 6.07) is -0.382. The number of anilines is 1. The zero-order valence-electron chi connectivity index (χ0n) is 9.15. The van der Waals surface area contributed by atoms with Crippen LogP contribution in [0.2, 0.25) is 0 Å². The van der Waals surface area contributed by atoms with Gasteiger partial charge in [-0.3, -0.25) is 14.4 Å². The number of aromatic nitrogens is 2. The lowest BCUT2D eigenvalue weighted by Crippen LogP contribution is -2.30. The quantitative estimate of drug-likeness (QED) is 0.652. The number of carbonyl (C=O) groups excluding carboxylic acids is 2. The van der Waals surface area contributed by atoms with E-state index in [9.17, 15) is 9.59 Å². The van der Waals surface area contributed by atoms with Gasteiger partial charge in [0.25, 0.3) is 0 Å². The van der Waals surface area contributed by atoms with Crippen LogP contribution in [-0.4, -0.2) is 33.2 Å². The first-order chi connectivity index (χ1) is 7.50. The molecule has 7 heteroatoms. The highest BCUT2D eigenvalue weighted by Gasteiger charge is 2.30. The predicted molar refractivity (Wildman–Crippen MR) is 56.3 cm³/mol. The second kappa shape index (κ2) is 3.51. The van der Waals surface area contributed by atoms with E-state index < -0.39 is 0 Å². The van der Waals surface area contributed by atoms with E-state index in [0.29, 0.717) is 11.4 Å². The minimum atomic E-state index is -0.382. The smallest absolute Gasteiger partial charge is 0.324 e. The van der Waals surface area contributed by atoms with Crippen molar-refractivity contribution in [1.29, 1.82) is 0 Å². The molecular weight excluding hydrogens is 210 g/mol. The van der Waals surface area contributed by atoms with Crippen LogP contribution in [0.15, 0.2) is 0 Å². The van der Waals surface area contributed by atoms with E-state index in [1.165, 1.54) is 4.68 Å². The summed E-state index contributed by atoms with van der Waals surface area (Å²) < 4.78 is 1.53. The molecule has 0 saturated carbocycles. The molecular formula is C9H13N5O2. The first kappa shape index (κ1) is 10.5. The summed E-state index contributed by atoms with van der Waals surface area (Å²) in [5.41, 5.74) is 7.25. The molecule has 1 aliphatic heterocycles. The van der Waals surface area contributed by atoms with Crippen molar-refractivity contribution in [3.8, 4) is 0 Å². The Kier molecular flexibility index (Phi) is 2.30. The van der Waals surface area contributed by atoms with Crippen molar-refractivity contribution >= 4 is 17.8 Å². The van der Waals surface area contributed by atoms with Gasteiger partial charge < -0.3 is 11.1 Å². The summed E-state index contributed by atoms with van der Waals surface area (Å²) >= 11 is 0. The summed E-state index contributed by atoms with van der Waals surface area (Å²) in [4.78, 5) is 23.9. The van der Waals surface area contributed by atoms with Gasteiger partial charge in [0.15, 0.2) is 0 Å². The van der Waals surface area contributed by atoms with Gasteiger partial charge in [-0.1, -0.05) is 0 Å². The van der Waals surface area contributed by atoms with E-state index in [1.54, 1.807) is 14.0 Å². The molecule has 3 amide bonds. The maximum Gasteiger partial charge on any atom is 0.324 e. The van der Waals surface area contributed by atoms with E-state index in [0.717, 1.165) is 10.6 Å². The van der Waals surface area contributed by atoms with Gasteiger partial charge in [-0.05, 0) is 6.92 Å². The molecule has 16 heavy (non-hydrogen) atoms. The molecule has 86 valence electrons. The lowest BCUT2D eigenvalue weighted by Gasteiger charge is -2.12. The number of hydrogen-bond acceptors (Lipinski definition) is 4. The molecule has 1 saturated heterocycles. The molecule has 3 N–H and O–H groups in total. The lowest BCUT2D eigenvalue weighted by atomic mass is 10.2. The van der Waals surface area contributed by atoms with Crippen LogP contribution in [0.3, 0.4) is 0 Å². The molecule has 0 unspecified atom stereocenters. The van der Waals surface area contributed by atoms with Gasteiger partial charge in [0, 0.05) is 12.6 Å². The Morgan fingerprint density at radius 1 is 1.50 bits per heavy atom. The molecule has 2 rings (SSSR count). The fourth-order valence-electron chi connectivity index (χ4n) is 1.69. The zero-order chi connectivity index (χ0) is 11.9. The lowest BCUT2D eigenvalue weighted by molar-refractivity contribution is -0.125. The van der Waals surface area contributed by atoms with Crippen molar-refractivity contribution in [2.75, 3.05) is 12.3 Å². The fraction of sp³-hybridized carbons (Fsp3) is 0.444. The number of amides is 3. The summed E-state index contributed by atoms with van der Waals surface area (Å²) in [5.74, 6) is 0.234. The Morgan fingerprint density at radius 3 is 2.62 bits per heavy atom. The fourth-order valence-corrected chi connectivity index (χ4v) is 1.69. The molecule has 0 bridgehead atoms. The molecule has 0 atom stereocenters. The molecule has 0 aliphatic carbocycles. The van der Waals surface area contributed by atoms with Gasteiger partial charge in [0.1, 0.15) is 5.82 Å². The summed E-state index contributed by atoms with van der Waals surface area (Å²) in [6.07, 6.45) is 0. The van der Waals surface area contributed by atoms with Crippen LogP contribution in [0.5, 0.6) is 0 Å².